The number of nitrogens with zero attached hydrogens (tertiary/aromatic N) is 2. The molecule has 0 radical (unpaired) electrons. The van der Waals surface area contributed by atoms with E-state index < -0.39 is 0 Å². The highest BCUT2D eigenvalue weighted by Crippen LogP contribution is 2.07. The quantitative estimate of drug-likeness (QED) is 0.380. The predicted molar refractivity (Wildman–Crippen MR) is 48.7 cm³/mol. The van der Waals surface area contributed by atoms with E-state index in [1.54, 1.807) is 6.08 Å². The summed E-state index contributed by atoms with van der Waals surface area (Å²) in [7, 11) is 0. The SMILES string of the molecule is C=CC(N=C=S)n1cccc1. The molecule has 1 heterocycles. The molecule has 0 bridgehead atoms. The van der Waals surface area contributed by atoms with Gasteiger partial charge in [0.15, 0.2) is 6.17 Å². The summed E-state index contributed by atoms with van der Waals surface area (Å²) in [4.78, 5) is 3.89. The highest BCUT2D eigenvalue weighted by Gasteiger charge is 1.98. The maximum atomic E-state index is 4.49. The van der Waals surface area contributed by atoms with Crippen molar-refractivity contribution in [3.05, 3.63) is 37.2 Å². The third-order valence-corrected chi connectivity index (χ3v) is 1.43. The van der Waals surface area contributed by atoms with Crippen molar-refractivity contribution in [2.45, 2.75) is 6.17 Å². The minimum absolute atomic E-state index is 0.109. The van der Waals surface area contributed by atoms with Crippen LogP contribution in [0.2, 0.25) is 0 Å². The van der Waals surface area contributed by atoms with Gasteiger partial charge in [0.2, 0.25) is 0 Å². The van der Waals surface area contributed by atoms with Crippen molar-refractivity contribution in [3.8, 4) is 0 Å². The molecule has 0 amide bonds. The number of thiocarbonyl (C=S) groups is 1. The second-order valence-corrected chi connectivity index (χ2v) is 2.18. The lowest BCUT2D eigenvalue weighted by Gasteiger charge is -2.05. The van der Waals surface area contributed by atoms with Gasteiger partial charge in [-0.3, -0.25) is 0 Å². The largest absolute Gasteiger partial charge is 0.328 e. The zero-order chi connectivity index (χ0) is 8.10. The average molecular weight is 164 g/mol. The molecule has 1 atom stereocenters. The minimum Gasteiger partial charge on any atom is -0.328 e. The van der Waals surface area contributed by atoms with Crippen molar-refractivity contribution in [1.29, 1.82) is 0 Å². The molecule has 0 saturated heterocycles. The van der Waals surface area contributed by atoms with Crippen LogP contribution in [-0.4, -0.2) is 9.73 Å². The average Bonchev–Trinajstić information content (AvgIpc) is 2.52. The molecule has 3 heteroatoms. The van der Waals surface area contributed by atoms with Gasteiger partial charge in [0.1, 0.15) is 0 Å². The molecule has 1 aromatic heterocycles. The summed E-state index contributed by atoms with van der Waals surface area (Å²) in [6.07, 6.45) is 5.41. The van der Waals surface area contributed by atoms with E-state index in [1.165, 1.54) is 0 Å². The van der Waals surface area contributed by atoms with E-state index in [9.17, 15) is 0 Å². The molecule has 56 valence electrons. The molecule has 11 heavy (non-hydrogen) atoms. The summed E-state index contributed by atoms with van der Waals surface area (Å²) in [6.45, 7) is 3.63. The van der Waals surface area contributed by atoms with E-state index >= 15 is 0 Å². The van der Waals surface area contributed by atoms with E-state index in [0.717, 1.165) is 0 Å². The monoisotopic (exact) mass is 164 g/mol. The van der Waals surface area contributed by atoms with Crippen LogP contribution in [0.4, 0.5) is 0 Å². The first-order valence-electron chi connectivity index (χ1n) is 3.20. The first kappa shape index (κ1) is 7.92. The molecule has 0 aliphatic rings. The van der Waals surface area contributed by atoms with Gasteiger partial charge < -0.3 is 4.57 Å². The molecule has 2 nitrogen and oxygen atoms in total. The fraction of sp³-hybridized carbons (Fsp3) is 0.125. The molecule has 1 aromatic rings. The summed E-state index contributed by atoms with van der Waals surface area (Å²) in [6, 6.07) is 3.85. The number of rotatable bonds is 3. The summed E-state index contributed by atoms with van der Waals surface area (Å²) >= 11 is 4.49. The fourth-order valence-corrected chi connectivity index (χ4v) is 0.927. The second-order valence-electron chi connectivity index (χ2n) is 2.00. The Morgan fingerprint density at radius 2 is 2.18 bits per heavy atom. The lowest BCUT2D eigenvalue weighted by atomic mass is 10.5. The summed E-state index contributed by atoms with van der Waals surface area (Å²) in [5.74, 6) is 0. The van der Waals surface area contributed by atoms with Gasteiger partial charge in [-0.05, 0) is 30.4 Å². The Morgan fingerprint density at radius 3 is 2.64 bits per heavy atom. The van der Waals surface area contributed by atoms with Crippen LogP contribution in [0.25, 0.3) is 0 Å². The van der Waals surface area contributed by atoms with Gasteiger partial charge in [0.05, 0.1) is 5.16 Å². The van der Waals surface area contributed by atoms with Crippen molar-refractivity contribution in [3.63, 3.8) is 0 Å². The Kier molecular flexibility index (Phi) is 2.78. The van der Waals surface area contributed by atoms with Crippen LogP contribution in [0, 0.1) is 0 Å². The summed E-state index contributed by atoms with van der Waals surface area (Å²) < 4.78 is 1.90. The third kappa shape index (κ3) is 1.87. The Labute approximate surface area is 70.9 Å². The van der Waals surface area contributed by atoms with Gasteiger partial charge in [-0.25, -0.2) is 4.99 Å². The van der Waals surface area contributed by atoms with Crippen molar-refractivity contribution in [2.75, 3.05) is 0 Å². The highest BCUT2D eigenvalue weighted by atomic mass is 32.1. The van der Waals surface area contributed by atoms with E-state index in [0.29, 0.717) is 0 Å². The van der Waals surface area contributed by atoms with Crippen LogP contribution in [0.5, 0.6) is 0 Å². The normalized spacial score (nSPS) is 11.6. The van der Waals surface area contributed by atoms with Crippen LogP contribution in [0.1, 0.15) is 6.17 Å². The number of hydrogen-bond donors (Lipinski definition) is 0. The molecule has 0 spiro atoms. The van der Waals surface area contributed by atoms with Crippen molar-refractivity contribution < 1.29 is 0 Å². The van der Waals surface area contributed by atoms with E-state index in [2.05, 4.69) is 29.0 Å². The zero-order valence-electron chi connectivity index (χ0n) is 5.97. The zero-order valence-corrected chi connectivity index (χ0v) is 6.79. The molecule has 1 unspecified atom stereocenters. The summed E-state index contributed by atoms with van der Waals surface area (Å²) in [5.41, 5.74) is 0. The van der Waals surface area contributed by atoms with Gasteiger partial charge in [0.25, 0.3) is 0 Å². The standard InChI is InChI=1S/C8H8N2S/c1-2-8(9-7-11)10-5-3-4-6-10/h2-6,8H,1H2. The van der Waals surface area contributed by atoms with Gasteiger partial charge in [0, 0.05) is 12.4 Å². The first-order valence-corrected chi connectivity index (χ1v) is 3.61. The Bertz CT molecular complexity index is 270. The maximum absolute atomic E-state index is 4.49. The number of aliphatic imine (C=N–C) groups is 1. The van der Waals surface area contributed by atoms with E-state index in [4.69, 9.17) is 0 Å². The number of hydrogen-bond acceptors (Lipinski definition) is 2. The van der Waals surface area contributed by atoms with Crippen molar-refractivity contribution >= 4 is 17.4 Å². The van der Waals surface area contributed by atoms with Crippen LogP contribution >= 0.6 is 12.2 Å². The van der Waals surface area contributed by atoms with Crippen LogP contribution in [-0.2, 0) is 0 Å². The Morgan fingerprint density at radius 1 is 1.55 bits per heavy atom. The Balaban J connectivity index is 2.87. The molecular formula is C8H8N2S. The predicted octanol–water partition coefficient (Wildman–Crippen LogP) is 2.28. The molecule has 0 N–H and O–H groups in total. The van der Waals surface area contributed by atoms with Gasteiger partial charge in [-0.1, -0.05) is 6.58 Å². The van der Waals surface area contributed by atoms with Gasteiger partial charge >= 0.3 is 0 Å². The molecule has 0 aliphatic carbocycles. The third-order valence-electron chi connectivity index (χ3n) is 1.33. The molecular weight excluding hydrogens is 156 g/mol. The van der Waals surface area contributed by atoms with Crippen LogP contribution in [0.3, 0.4) is 0 Å². The number of aromatic nitrogens is 1. The van der Waals surface area contributed by atoms with Gasteiger partial charge in [-0.2, -0.15) is 0 Å². The van der Waals surface area contributed by atoms with E-state index in [-0.39, 0.29) is 6.17 Å². The van der Waals surface area contributed by atoms with Crippen molar-refractivity contribution in [1.82, 2.24) is 4.57 Å². The number of isothiocyanates is 1. The topological polar surface area (TPSA) is 17.3 Å². The highest BCUT2D eigenvalue weighted by molar-refractivity contribution is 7.78. The van der Waals surface area contributed by atoms with Crippen LogP contribution < -0.4 is 0 Å². The second kappa shape index (κ2) is 3.86. The molecule has 0 aromatic carbocycles. The van der Waals surface area contributed by atoms with E-state index in [1.807, 2.05) is 29.1 Å². The lowest BCUT2D eigenvalue weighted by molar-refractivity contribution is 0.643. The molecule has 1 rings (SSSR count). The maximum Gasteiger partial charge on any atom is 0.153 e. The molecule has 0 aliphatic heterocycles. The van der Waals surface area contributed by atoms with Crippen LogP contribution in [0.15, 0.2) is 42.2 Å². The fourth-order valence-electron chi connectivity index (χ4n) is 0.819. The molecule has 0 fully saturated rings. The lowest BCUT2D eigenvalue weighted by Crippen LogP contribution is -1.98. The molecule has 0 saturated carbocycles. The van der Waals surface area contributed by atoms with Crippen molar-refractivity contribution in [2.24, 2.45) is 4.99 Å². The smallest absolute Gasteiger partial charge is 0.153 e. The first-order chi connectivity index (χ1) is 5.38. The van der Waals surface area contributed by atoms with Gasteiger partial charge in [-0.15, -0.1) is 0 Å². The Hall–Kier alpha value is -1.18. The minimum atomic E-state index is -0.109. The summed E-state index contributed by atoms with van der Waals surface area (Å²) in [5, 5.41) is 2.32.